The molecule has 0 heterocycles. The van der Waals surface area contributed by atoms with Crippen molar-refractivity contribution in [3.63, 3.8) is 0 Å². The Bertz CT molecular complexity index is 355. The molecular formula is C16H26O3. The van der Waals surface area contributed by atoms with Gasteiger partial charge in [-0.05, 0) is 39.5 Å². The third-order valence-electron chi connectivity index (χ3n) is 3.29. The van der Waals surface area contributed by atoms with E-state index in [0.29, 0.717) is 12.3 Å². The van der Waals surface area contributed by atoms with Gasteiger partial charge >= 0.3 is 5.97 Å². The minimum absolute atomic E-state index is 0.111. The van der Waals surface area contributed by atoms with Crippen LogP contribution in [-0.2, 0) is 14.3 Å². The second kappa shape index (κ2) is 6.88. The van der Waals surface area contributed by atoms with Gasteiger partial charge in [0.05, 0.1) is 5.57 Å². The number of rotatable bonds is 4. The molecule has 19 heavy (non-hydrogen) atoms. The van der Waals surface area contributed by atoms with Crippen molar-refractivity contribution in [2.24, 2.45) is 5.92 Å². The number of ether oxygens (including phenoxy) is 1. The van der Waals surface area contributed by atoms with E-state index in [9.17, 15) is 9.59 Å². The van der Waals surface area contributed by atoms with Crippen LogP contribution in [-0.4, -0.2) is 17.4 Å². The monoisotopic (exact) mass is 266 g/mol. The SMILES string of the molecule is CCC(=O)C(=CC1CCCCC1)C(=O)OC(C)(C)C. The normalized spacial score (nSPS) is 18.2. The van der Waals surface area contributed by atoms with Gasteiger partial charge < -0.3 is 4.74 Å². The minimum Gasteiger partial charge on any atom is -0.456 e. The summed E-state index contributed by atoms with van der Waals surface area (Å²) in [6.07, 6.45) is 7.98. The van der Waals surface area contributed by atoms with E-state index in [-0.39, 0.29) is 11.4 Å². The topological polar surface area (TPSA) is 43.4 Å². The van der Waals surface area contributed by atoms with Crippen molar-refractivity contribution in [2.45, 2.75) is 71.8 Å². The van der Waals surface area contributed by atoms with Crippen LogP contribution in [0.5, 0.6) is 0 Å². The predicted octanol–water partition coefficient (Wildman–Crippen LogP) is 3.81. The van der Waals surface area contributed by atoms with E-state index in [4.69, 9.17) is 4.74 Å². The highest BCUT2D eigenvalue weighted by Gasteiger charge is 2.25. The molecule has 1 saturated carbocycles. The zero-order valence-corrected chi connectivity index (χ0v) is 12.6. The highest BCUT2D eigenvalue weighted by atomic mass is 16.6. The van der Waals surface area contributed by atoms with Crippen LogP contribution in [0.1, 0.15) is 66.2 Å². The Morgan fingerprint density at radius 3 is 2.21 bits per heavy atom. The van der Waals surface area contributed by atoms with Gasteiger partial charge in [0, 0.05) is 6.42 Å². The Morgan fingerprint density at radius 2 is 1.74 bits per heavy atom. The molecule has 3 nitrogen and oxygen atoms in total. The summed E-state index contributed by atoms with van der Waals surface area (Å²) in [4.78, 5) is 24.1. The van der Waals surface area contributed by atoms with Crippen LogP contribution in [0.25, 0.3) is 0 Å². The van der Waals surface area contributed by atoms with Gasteiger partial charge in [-0.2, -0.15) is 0 Å². The van der Waals surface area contributed by atoms with Gasteiger partial charge in [0.2, 0.25) is 0 Å². The van der Waals surface area contributed by atoms with Crippen LogP contribution in [0.2, 0.25) is 0 Å². The smallest absolute Gasteiger partial charge is 0.341 e. The van der Waals surface area contributed by atoms with E-state index >= 15 is 0 Å². The standard InChI is InChI=1S/C16H26O3/c1-5-14(17)13(15(18)19-16(2,3)4)11-12-9-7-6-8-10-12/h11-12H,5-10H2,1-4H3. The Kier molecular flexibility index (Phi) is 5.77. The molecule has 1 aliphatic rings. The molecule has 0 atom stereocenters. The van der Waals surface area contributed by atoms with Gasteiger partial charge in [0.1, 0.15) is 5.60 Å². The maximum absolute atomic E-state index is 12.1. The molecule has 108 valence electrons. The van der Waals surface area contributed by atoms with Gasteiger partial charge in [-0.25, -0.2) is 4.79 Å². The summed E-state index contributed by atoms with van der Waals surface area (Å²) < 4.78 is 5.34. The van der Waals surface area contributed by atoms with Crippen LogP contribution in [0, 0.1) is 5.92 Å². The van der Waals surface area contributed by atoms with Crippen molar-refractivity contribution in [3.05, 3.63) is 11.6 Å². The summed E-state index contributed by atoms with van der Waals surface area (Å²) >= 11 is 0. The molecule has 0 aliphatic heterocycles. The quantitative estimate of drug-likeness (QED) is 0.336. The molecule has 0 N–H and O–H groups in total. The van der Waals surface area contributed by atoms with Gasteiger partial charge in [-0.3, -0.25) is 4.79 Å². The molecule has 0 spiro atoms. The zero-order chi connectivity index (χ0) is 14.5. The fourth-order valence-corrected chi connectivity index (χ4v) is 2.33. The van der Waals surface area contributed by atoms with Gasteiger partial charge in [-0.15, -0.1) is 0 Å². The third-order valence-corrected chi connectivity index (χ3v) is 3.29. The third kappa shape index (κ3) is 5.58. The molecule has 0 radical (unpaired) electrons. The van der Waals surface area contributed by atoms with Crippen molar-refractivity contribution in [1.82, 2.24) is 0 Å². The van der Waals surface area contributed by atoms with E-state index in [2.05, 4.69) is 0 Å². The summed E-state index contributed by atoms with van der Waals surface area (Å²) in [5, 5.41) is 0. The second-order valence-corrected chi connectivity index (χ2v) is 6.26. The summed E-state index contributed by atoms with van der Waals surface area (Å²) in [5.41, 5.74) is -0.305. The highest BCUT2D eigenvalue weighted by Crippen LogP contribution is 2.26. The van der Waals surface area contributed by atoms with Crippen molar-refractivity contribution >= 4 is 11.8 Å². The Morgan fingerprint density at radius 1 is 1.16 bits per heavy atom. The summed E-state index contributed by atoms with van der Waals surface area (Å²) in [6, 6.07) is 0. The van der Waals surface area contributed by atoms with Gasteiger partial charge in [0.15, 0.2) is 5.78 Å². The number of ketones is 1. The molecule has 3 heteroatoms. The molecule has 0 amide bonds. The number of hydrogen-bond acceptors (Lipinski definition) is 3. The maximum atomic E-state index is 12.1. The van der Waals surface area contributed by atoms with E-state index in [0.717, 1.165) is 12.8 Å². The molecule has 1 aliphatic carbocycles. The van der Waals surface area contributed by atoms with E-state index in [1.807, 2.05) is 26.8 Å². The number of carbonyl (C=O) groups is 2. The van der Waals surface area contributed by atoms with Crippen LogP contribution >= 0.6 is 0 Å². The van der Waals surface area contributed by atoms with Crippen LogP contribution in [0.3, 0.4) is 0 Å². The lowest BCUT2D eigenvalue weighted by molar-refractivity contribution is -0.150. The lowest BCUT2D eigenvalue weighted by Gasteiger charge is -2.22. The van der Waals surface area contributed by atoms with E-state index in [1.54, 1.807) is 6.92 Å². The first-order valence-corrected chi connectivity index (χ1v) is 7.32. The van der Waals surface area contributed by atoms with E-state index < -0.39 is 11.6 Å². The first-order valence-electron chi connectivity index (χ1n) is 7.32. The first kappa shape index (κ1) is 15.9. The maximum Gasteiger partial charge on any atom is 0.341 e. The predicted molar refractivity (Wildman–Crippen MR) is 75.8 cm³/mol. The second-order valence-electron chi connectivity index (χ2n) is 6.26. The fourth-order valence-electron chi connectivity index (χ4n) is 2.33. The molecule has 0 aromatic rings. The van der Waals surface area contributed by atoms with Crippen molar-refractivity contribution in [2.75, 3.05) is 0 Å². The molecular weight excluding hydrogens is 240 g/mol. The number of hydrogen-bond donors (Lipinski definition) is 0. The zero-order valence-electron chi connectivity index (χ0n) is 12.6. The average Bonchev–Trinajstić information content (AvgIpc) is 2.34. The Balaban J connectivity index is 2.84. The van der Waals surface area contributed by atoms with Crippen LogP contribution in [0.4, 0.5) is 0 Å². The number of carbonyl (C=O) groups excluding carboxylic acids is 2. The van der Waals surface area contributed by atoms with Crippen molar-refractivity contribution in [1.29, 1.82) is 0 Å². The summed E-state index contributed by atoms with van der Waals surface area (Å²) in [5.74, 6) is -0.225. The lowest BCUT2D eigenvalue weighted by Crippen LogP contribution is -2.27. The average molecular weight is 266 g/mol. The Hall–Kier alpha value is -1.12. The molecule has 0 saturated heterocycles. The largest absolute Gasteiger partial charge is 0.456 e. The van der Waals surface area contributed by atoms with Crippen molar-refractivity contribution < 1.29 is 14.3 Å². The highest BCUT2D eigenvalue weighted by molar-refractivity contribution is 6.17. The number of allylic oxidation sites excluding steroid dienone is 1. The molecule has 0 aromatic carbocycles. The molecule has 0 unspecified atom stereocenters. The van der Waals surface area contributed by atoms with Gasteiger partial charge in [0.25, 0.3) is 0 Å². The van der Waals surface area contributed by atoms with Crippen molar-refractivity contribution in [3.8, 4) is 0 Å². The first-order chi connectivity index (χ1) is 8.83. The Labute approximate surface area is 116 Å². The summed E-state index contributed by atoms with van der Waals surface area (Å²) in [6.45, 7) is 7.24. The fraction of sp³-hybridized carbons (Fsp3) is 0.750. The molecule has 0 aromatic heterocycles. The summed E-state index contributed by atoms with van der Waals surface area (Å²) in [7, 11) is 0. The molecule has 1 fully saturated rings. The number of Topliss-reactive ketones (excluding diaryl/α,β-unsaturated/α-hetero) is 1. The van der Waals surface area contributed by atoms with E-state index in [1.165, 1.54) is 19.3 Å². The number of esters is 1. The molecule has 1 rings (SSSR count). The van der Waals surface area contributed by atoms with Gasteiger partial charge in [-0.1, -0.05) is 32.3 Å². The van der Waals surface area contributed by atoms with Crippen LogP contribution in [0.15, 0.2) is 11.6 Å². The van der Waals surface area contributed by atoms with Crippen LogP contribution < -0.4 is 0 Å². The minimum atomic E-state index is -0.559. The molecule has 0 bridgehead atoms. The lowest BCUT2D eigenvalue weighted by atomic mass is 9.87.